The Hall–Kier alpha value is -2.06. The Morgan fingerprint density at radius 2 is 1.90 bits per heavy atom. The van der Waals surface area contributed by atoms with E-state index in [1.54, 1.807) is 13.8 Å². The van der Waals surface area contributed by atoms with Gasteiger partial charge in [-0.3, -0.25) is 4.89 Å². The average molecular weight is 442 g/mol. The first kappa shape index (κ1) is 22.6. The molecule has 166 valence electrons. The normalized spacial score (nSPS) is 22.9. The molecule has 0 saturated carbocycles. The molecule has 0 spiro atoms. The van der Waals surface area contributed by atoms with Crippen LogP contribution >= 0.6 is 7.82 Å². The van der Waals surface area contributed by atoms with Crippen LogP contribution in [0.1, 0.15) is 42.5 Å². The van der Waals surface area contributed by atoms with Crippen molar-refractivity contribution < 1.29 is 43.0 Å². The third-order valence-corrected chi connectivity index (χ3v) is 6.25. The van der Waals surface area contributed by atoms with E-state index in [9.17, 15) is 19.4 Å². The van der Waals surface area contributed by atoms with Gasteiger partial charge in [-0.2, -0.15) is 0 Å². The van der Waals surface area contributed by atoms with Gasteiger partial charge in [0.25, 0.3) is 0 Å². The fourth-order valence-electron chi connectivity index (χ4n) is 3.54. The largest absolute Gasteiger partial charge is 0.585 e. The van der Waals surface area contributed by atoms with E-state index in [4.69, 9.17) is 23.6 Å². The second-order valence-electron chi connectivity index (χ2n) is 8.18. The number of phosphoric acid groups is 1. The first-order chi connectivity index (χ1) is 13.8. The molecule has 1 aromatic carbocycles. The first-order valence-corrected chi connectivity index (χ1v) is 11.1. The molecule has 2 heterocycles. The van der Waals surface area contributed by atoms with E-state index in [0.717, 1.165) is 35.8 Å². The third kappa shape index (κ3) is 4.34. The summed E-state index contributed by atoms with van der Waals surface area (Å²) in [7, 11) is -4.76. The number of hydrogen-bond acceptors (Lipinski definition) is 8. The number of ether oxygens (including phenoxy) is 2. The van der Waals surface area contributed by atoms with E-state index in [1.165, 1.54) is 0 Å². The molecule has 2 aliphatic heterocycles. The van der Waals surface area contributed by atoms with Gasteiger partial charge in [0.1, 0.15) is 23.2 Å². The van der Waals surface area contributed by atoms with Gasteiger partial charge in [0, 0.05) is 11.6 Å². The van der Waals surface area contributed by atoms with Crippen LogP contribution in [-0.4, -0.2) is 45.5 Å². The molecule has 3 N–H and O–H groups in total. The van der Waals surface area contributed by atoms with Crippen molar-refractivity contribution in [3.05, 3.63) is 34.1 Å². The number of fused-ring (bicyclic) bond motifs is 1. The number of benzene rings is 1. The van der Waals surface area contributed by atoms with Crippen LogP contribution in [0.25, 0.3) is 0 Å². The van der Waals surface area contributed by atoms with Gasteiger partial charge in [-0.25, -0.2) is 9.36 Å². The summed E-state index contributed by atoms with van der Waals surface area (Å²) < 4.78 is 33.9. The number of rotatable bonds is 6. The molecule has 1 aromatic rings. The number of aliphatic hydroxyl groups is 2. The predicted molar refractivity (Wildman–Crippen MR) is 106 cm³/mol. The Balaban J connectivity index is 1.88. The Morgan fingerprint density at radius 3 is 2.53 bits per heavy atom. The van der Waals surface area contributed by atoms with Crippen molar-refractivity contribution in [1.82, 2.24) is 0 Å². The summed E-state index contributed by atoms with van der Waals surface area (Å²) in [5.41, 5.74) is 2.68. The smallest absolute Gasteiger partial charge is 0.487 e. The van der Waals surface area contributed by atoms with Gasteiger partial charge in [-0.15, -0.1) is 0 Å². The number of aliphatic hydroxyl groups excluding tert-OH is 2. The molecule has 0 bridgehead atoms. The van der Waals surface area contributed by atoms with Gasteiger partial charge >= 0.3 is 13.8 Å². The molecule has 10 heteroatoms. The summed E-state index contributed by atoms with van der Waals surface area (Å²) in [6, 6.07) is 0. The molecule has 3 unspecified atom stereocenters. The maximum absolute atomic E-state index is 12.6. The molecule has 30 heavy (non-hydrogen) atoms. The highest BCUT2D eigenvalue weighted by Gasteiger charge is 2.39. The highest BCUT2D eigenvalue weighted by atomic mass is 31.2. The predicted octanol–water partition coefficient (Wildman–Crippen LogP) is 2.37. The molecule has 2 aliphatic rings. The highest BCUT2D eigenvalue weighted by molar-refractivity contribution is 7.48. The summed E-state index contributed by atoms with van der Waals surface area (Å²) in [6.07, 6.45) is -0.00829. The lowest BCUT2D eigenvalue weighted by Crippen LogP contribution is -2.33. The monoisotopic (exact) mass is 442 g/mol. The van der Waals surface area contributed by atoms with Gasteiger partial charge in [-0.1, -0.05) is 0 Å². The molecule has 0 saturated heterocycles. The minimum atomic E-state index is -4.76. The van der Waals surface area contributed by atoms with E-state index >= 15 is 0 Å². The second-order valence-corrected chi connectivity index (χ2v) is 9.48. The molecule has 3 atom stereocenters. The molecule has 0 aliphatic carbocycles. The zero-order valence-corrected chi connectivity index (χ0v) is 18.5. The third-order valence-electron chi connectivity index (χ3n) is 5.41. The molecule has 9 nitrogen and oxygen atoms in total. The van der Waals surface area contributed by atoms with E-state index in [0.29, 0.717) is 11.1 Å². The van der Waals surface area contributed by atoms with Crippen molar-refractivity contribution in [3.8, 4) is 11.5 Å². The summed E-state index contributed by atoms with van der Waals surface area (Å²) in [5.74, 6) is -0.644. The van der Waals surface area contributed by atoms with Crippen LogP contribution in [-0.2, 0) is 25.0 Å². The van der Waals surface area contributed by atoms with Crippen LogP contribution < -0.4 is 9.26 Å². The summed E-state index contributed by atoms with van der Waals surface area (Å²) in [6.45, 7) is 8.74. The topological polar surface area (TPSA) is 132 Å². The van der Waals surface area contributed by atoms with Crippen LogP contribution in [0.5, 0.6) is 11.5 Å². The van der Waals surface area contributed by atoms with Crippen LogP contribution in [0.3, 0.4) is 0 Å². The number of cyclic esters (lactones) is 1. The van der Waals surface area contributed by atoms with Crippen molar-refractivity contribution in [2.75, 3.05) is 6.61 Å². The number of hydrogen-bond donors (Lipinski definition) is 3. The zero-order chi connectivity index (χ0) is 22.4. The maximum Gasteiger partial charge on any atom is 0.585 e. The van der Waals surface area contributed by atoms with Crippen molar-refractivity contribution in [3.63, 3.8) is 0 Å². The van der Waals surface area contributed by atoms with E-state index in [1.807, 2.05) is 20.8 Å². The van der Waals surface area contributed by atoms with Crippen molar-refractivity contribution in [1.29, 1.82) is 0 Å². The summed E-state index contributed by atoms with van der Waals surface area (Å²) >= 11 is 0. The molecular formula is C20H27O9P. The van der Waals surface area contributed by atoms with E-state index in [2.05, 4.69) is 0 Å². The lowest BCUT2D eigenvalue weighted by atomic mass is 9.88. The maximum atomic E-state index is 12.6. The minimum Gasteiger partial charge on any atom is -0.487 e. The number of phosphoric ester groups is 1. The average Bonchev–Trinajstić information content (AvgIpc) is 3.02. The zero-order valence-electron chi connectivity index (χ0n) is 17.6. The van der Waals surface area contributed by atoms with Gasteiger partial charge < -0.3 is 28.7 Å². The quantitative estimate of drug-likeness (QED) is 0.449. The first-order valence-electron chi connectivity index (χ1n) is 9.60. The molecule has 0 radical (unpaired) electrons. The molecule has 0 amide bonds. The van der Waals surface area contributed by atoms with Crippen molar-refractivity contribution in [2.24, 2.45) is 0 Å². The van der Waals surface area contributed by atoms with Crippen LogP contribution in [0.4, 0.5) is 0 Å². The van der Waals surface area contributed by atoms with E-state index < -0.39 is 38.4 Å². The molecule has 0 fully saturated rings. The standard InChI is InChI=1S/C20H27O9P/c1-10-11(2)18-13(6-7-20(4,5)27-18)12(3)17(10)29-30(24,25)28-16-8-15(14(22)9-21)26-19(16)23/h8,14-15,21-22H,6-7,9H2,1-5H3,(H,24,25). The molecule has 3 rings (SSSR count). The summed E-state index contributed by atoms with van der Waals surface area (Å²) in [5, 5.41) is 18.5. The minimum absolute atomic E-state index is 0.194. The Morgan fingerprint density at radius 1 is 1.23 bits per heavy atom. The van der Waals surface area contributed by atoms with Crippen molar-refractivity contribution in [2.45, 2.75) is 65.3 Å². The number of carbonyl (C=O) groups excluding carboxylic acids is 1. The highest BCUT2D eigenvalue weighted by Crippen LogP contribution is 2.52. The second kappa shape index (κ2) is 7.89. The Kier molecular flexibility index (Phi) is 5.95. The lowest BCUT2D eigenvalue weighted by molar-refractivity contribution is -0.146. The van der Waals surface area contributed by atoms with Crippen LogP contribution in [0, 0.1) is 20.8 Å². The van der Waals surface area contributed by atoms with Gasteiger partial charge in [-0.05, 0) is 64.2 Å². The molecule has 0 aromatic heterocycles. The number of esters is 1. The van der Waals surface area contributed by atoms with Crippen LogP contribution in [0.2, 0.25) is 0 Å². The van der Waals surface area contributed by atoms with Gasteiger partial charge in [0.05, 0.1) is 6.61 Å². The van der Waals surface area contributed by atoms with Crippen molar-refractivity contribution >= 4 is 13.8 Å². The molecular weight excluding hydrogens is 415 g/mol. The Bertz CT molecular complexity index is 950. The SMILES string of the molecule is Cc1c(C)c2c(c(C)c1OP(=O)(O)OC1=CC(C(O)CO)OC1=O)CCC(C)(C)O2. The van der Waals surface area contributed by atoms with E-state index in [-0.39, 0.29) is 11.4 Å². The Labute approximate surface area is 174 Å². The van der Waals surface area contributed by atoms with Gasteiger partial charge in [0.2, 0.25) is 5.76 Å². The van der Waals surface area contributed by atoms with Gasteiger partial charge in [0.15, 0.2) is 6.10 Å². The lowest BCUT2D eigenvalue weighted by Gasteiger charge is -2.35. The fraction of sp³-hybridized carbons (Fsp3) is 0.550. The van der Waals surface area contributed by atoms with Crippen LogP contribution in [0.15, 0.2) is 11.8 Å². The number of carbonyl (C=O) groups is 1. The summed E-state index contributed by atoms with van der Waals surface area (Å²) in [4.78, 5) is 22.1. The fourth-order valence-corrected chi connectivity index (χ4v) is 4.46.